The van der Waals surface area contributed by atoms with Gasteiger partial charge in [-0.05, 0) is 38.5 Å². The van der Waals surface area contributed by atoms with Crippen molar-refractivity contribution in [1.29, 1.82) is 0 Å². The summed E-state index contributed by atoms with van der Waals surface area (Å²) >= 11 is 0. The summed E-state index contributed by atoms with van der Waals surface area (Å²) in [4.78, 5) is 45.6. The van der Waals surface area contributed by atoms with Crippen LogP contribution >= 0.6 is 7.82 Å². The van der Waals surface area contributed by atoms with Gasteiger partial charge < -0.3 is 25.2 Å². The van der Waals surface area contributed by atoms with Gasteiger partial charge in [-0.3, -0.25) is 18.6 Å². The molecular weight excluding hydrogens is 649 g/mol. The standard InChI is InChI=1S/C37H70NO10P/c1-3-5-7-9-11-13-15-17-18-20-22-24-26-28-35(40)38-34(37(42)43)32-48-49(44,45)47-31-33(39)30-46-36(41)29-27-25-23-21-19-16-14-12-10-8-6-4-2/h12,14,33-34,39H,3-11,13,15-32H2,1-2H3,(H,38,40)(H,42,43)(H,44,45)/b14-12-. The van der Waals surface area contributed by atoms with Crippen LogP contribution < -0.4 is 5.32 Å². The molecule has 0 bridgehead atoms. The van der Waals surface area contributed by atoms with Gasteiger partial charge in [0.05, 0.1) is 13.2 Å². The zero-order valence-corrected chi connectivity index (χ0v) is 31.6. The van der Waals surface area contributed by atoms with Crippen molar-refractivity contribution in [3.05, 3.63) is 12.2 Å². The molecule has 0 saturated heterocycles. The number of nitrogens with one attached hydrogen (secondary N) is 1. The average molecular weight is 720 g/mol. The third-order valence-corrected chi connectivity index (χ3v) is 9.26. The Balaban J connectivity index is 3.97. The lowest BCUT2D eigenvalue weighted by molar-refractivity contribution is -0.147. The maximum absolute atomic E-state index is 12.2. The highest BCUT2D eigenvalue weighted by Crippen LogP contribution is 2.43. The predicted molar refractivity (Wildman–Crippen MR) is 194 cm³/mol. The lowest BCUT2D eigenvalue weighted by Crippen LogP contribution is -2.43. The molecule has 3 unspecified atom stereocenters. The number of carbonyl (C=O) groups excluding carboxylic acids is 2. The fraction of sp³-hybridized carbons (Fsp3) is 0.865. The van der Waals surface area contributed by atoms with Crippen LogP contribution in [0.25, 0.3) is 0 Å². The second-order valence-electron chi connectivity index (χ2n) is 13.1. The van der Waals surface area contributed by atoms with E-state index in [9.17, 15) is 34.1 Å². The van der Waals surface area contributed by atoms with Gasteiger partial charge >= 0.3 is 19.8 Å². The van der Waals surface area contributed by atoms with Crippen molar-refractivity contribution in [2.45, 2.75) is 187 Å². The van der Waals surface area contributed by atoms with Gasteiger partial charge in [-0.2, -0.15) is 0 Å². The van der Waals surface area contributed by atoms with Crippen molar-refractivity contribution >= 4 is 25.7 Å². The van der Waals surface area contributed by atoms with E-state index >= 15 is 0 Å². The largest absolute Gasteiger partial charge is 0.480 e. The minimum absolute atomic E-state index is 0.150. The van der Waals surface area contributed by atoms with E-state index in [0.717, 1.165) is 57.8 Å². The quantitative estimate of drug-likeness (QED) is 0.0212. The molecule has 0 fully saturated rings. The number of allylic oxidation sites excluding steroid dienone is 2. The van der Waals surface area contributed by atoms with Gasteiger partial charge in [-0.25, -0.2) is 9.36 Å². The zero-order chi connectivity index (χ0) is 36.4. The Hall–Kier alpha value is -1.78. The molecule has 4 N–H and O–H groups in total. The molecule has 0 aliphatic rings. The third kappa shape index (κ3) is 33.1. The van der Waals surface area contributed by atoms with Crippen LogP contribution in [0.4, 0.5) is 0 Å². The number of amides is 1. The van der Waals surface area contributed by atoms with Crippen LogP contribution in [0.5, 0.6) is 0 Å². The fourth-order valence-corrected chi connectivity index (χ4v) is 6.02. The van der Waals surface area contributed by atoms with Gasteiger partial charge in [0.2, 0.25) is 5.91 Å². The maximum Gasteiger partial charge on any atom is 0.472 e. The van der Waals surface area contributed by atoms with E-state index in [1.165, 1.54) is 77.0 Å². The SMILES string of the molecule is CCCCC/C=C\CCCCCCCC(=O)OCC(O)COP(=O)(O)OCC(NC(=O)CCCCCCCCCCCCCCC)C(=O)O. The molecule has 3 atom stereocenters. The van der Waals surface area contributed by atoms with Gasteiger partial charge in [-0.15, -0.1) is 0 Å². The number of carboxylic acids is 1. The molecule has 0 aliphatic carbocycles. The molecule has 1 amide bonds. The van der Waals surface area contributed by atoms with Gasteiger partial charge in [0.1, 0.15) is 12.7 Å². The van der Waals surface area contributed by atoms with Crippen LogP contribution in [-0.4, -0.2) is 64.9 Å². The lowest BCUT2D eigenvalue weighted by Gasteiger charge is -2.18. The van der Waals surface area contributed by atoms with E-state index in [2.05, 4.69) is 31.3 Å². The van der Waals surface area contributed by atoms with Gasteiger partial charge in [0.15, 0.2) is 6.04 Å². The van der Waals surface area contributed by atoms with Gasteiger partial charge in [-0.1, -0.05) is 135 Å². The molecule has 11 nitrogen and oxygen atoms in total. The number of ether oxygens (including phenoxy) is 1. The minimum Gasteiger partial charge on any atom is -0.480 e. The van der Waals surface area contributed by atoms with E-state index in [-0.39, 0.29) is 12.8 Å². The monoisotopic (exact) mass is 719 g/mol. The Kier molecular flexibility index (Phi) is 32.2. The number of phosphoric ester groups is 1. The van der Waals surface area contributed by atoms with Crippen molar-refractivity contribution in [1.82, 2.24) is 5.32 Å². The number of carboxylic acid groups (broad SMARTS) is 1. The van der Waals surface area contributed by atoms with Crippen molar-refractivity contribution in [2.24, 2.45) is 0 Å². The summed E-state index contributed by atoms with van der Waals surface area (Å²) in [5.74, 6) is -2.38. The Labute approximate surface area is 296 Å². The number of unbranched alkanes of at least 4 members (excludes halogenated alkanes) is 20. The van der Waals surface area contributed by atoms with Crippen LogP contribution in [0.2, 0.25) is 0 Å². The second-order valence-corrected chi connectivity index (χ2v) is 14.6. The molecule has 12 heteroatoms. The van der Waals surface area contributed by atoms with E-state index in [1.54, 1.807) is 0 Å². The molecule has 0 spiro atoms. The summed E-state index contributed by atoms with van der Waals surface area (Å²) in [5.41, 5.74) is 0. The van der Waals surface area contributed by atoms with E-state index in [1.807, 2.05) is 0 Å². The van der Waals surface area contributed by atoms with Crippen LogP contribution in [0.3, 0.4) is 0 Å². The highest BCUT2D eigenvalue weighted by atomic mass is 31.2. The number of aliphatic carboxylic acids is 1. The number of aliphatic hydroxyl groups is 1. The van der Waals surface area contributed by atoms with Crippen LogP contribution in [0.1, 0.15) is 174 Å². The first-order valence-electron chi connectivity index (χ1n) is 19.2. The first-order chi connectivity index (χ1) is 23.6. The molecule has 0 aliphatic heterocycles. The summed E-state index contributed by atoms with van der Waals surface area (Å²) in [6.07, 6.45) is 29.5. The first-order valence-corrected chi connectivity index (χ1v) is 20.7. The smallest absolute Gasteiger partial charge is 0.472 e. The highest BCUT2D eigenvalue weighted by molar-refractivity contribution is 7.47. The van der Waals surface area contributed by atoms with Crippen molar-refractivity contribution in [3.8, 4) is 0 Å². The van der Waals surface area contributed by atoms with Crippen molar-refractivity contribution in [2.75, 3.05) is 19.8 Å². The van der Waals surface area contributed by atoms with E-state index < -0.39 is 57.6 Å². The van der Waals surface area contributed by atoms with Crippen LogP contribution in [0, 0.1) is 0 Å². The Bertz CT molecular complexity index is 900. The molecule has 0 aromatic rings. The first kappa shape index (κ1) is 47.2. The number of carbonyl (C=O) groups is 3. The maximum atomic E-state index is 12.2. The zero-order valence-electron chi connectivity index (χ0n) is 30.8. The molecule has 0 saturated carbocycles. The Morgan fingerprint density at radius 1 is 0.633 bits per heavy atom. The molecule has 0 rings (SSSR count). The highest BCUT2D eigenvalue weighted by Gasteiger charge is 2.28. The number of hydrogen-bond acceptors (Lipinski definition) is 8. The molecule has 0 aromatic heterocycles. The van der Waals surface area contributed by atoms with Gasteiger partial charge in [0.25, 0.3) is 0 Å². The summed E-state index contributed by atoms with van der Waals surface area (Å²) in [7, 11) is -4.74. The number of hydrogen-bond donors (Lipinski definition) is 4. The summed E-state index contributed by atoms with van der Waals surface area (Å²) in [5, 5.41) is 21.7. The van der Waals surface area contributed by atoms with E-state index in [0.29, 0.717) is 12.8 Å². The Morgan fingerprint density at radius 2 is 1.06 bits per heavy atom. The minimum atomic E-state index is -4.74. The van der Waals surface area contributed by atoms with Crippen molar-refractivity contribution < 1.29 is 47.8 Å². The Morgan fingerprint density at radius 3 is 1.59 bits per heavy atom. The number of aliphatic hydroxyl groups excluding tert-OH is 1. The summed E-state index contributed by atoms with van der Waals surface area (Å²) in [6.45, 7) is 2.54. The number of phosphoric acid groups is 1. The van der Waals surface area contributed by atoms with Gasteiger partial charge in [0, 0.05) is 12.8 Å². The second kappa shape index (κ2) is 33.4. The molecule has 0 radical (unpaired) electrons. The van der Waals surface area contributed by atoms with Crippen LogP contribution in [0.15, 0.2) is 12.2 Å². The molecule has 49 heavy (non-hydrogen) atoms. The number of esters is 1. The molecule has 288 valence electrons. The third-order valence-electron chi connectivity index (χ3n) is 8.30. The average Bonchev–Trinajstić information content (AvgIpc) is 3.07. The van der Waals surface area contributed by atoms with Crippen molar-refractivity contribution in [3.63, 3.8) is 0 Å². The fourth-order valence-electron chi connectivity index (χ4n) is 5.25. The normalized spacial score (nSPS) is 14.0. The van der Waals surface area contributed by atoms with Crippen LogP contribution in [-0.2, 0) is 32.7 Å². The molecular formula is C37H70NO10P. The summed E-state index contributed by atoms with van der Waals surface area (Å²) < 4.78 is 26.7. The topological polar surface area (TPSA) is 169 Å². The van der Waals surface area contributed by atoms with E-state index in [4.69, 9.17) is 13.8 Å². The predicted octanol–water partition coefficient (Wildman–Crippen LogP) is 8.94. The molecule has 0 heterocycles. The molecule has 0 aromatic carbocycles. The number of rotatable bonds is 36. The lowest BCUT2D eigenvalue weighted by atomic mass is 10.0. The summed E-state index contributed by atoms with van der Waals surface area (Å²) in [6, 6.07) is -1.54.